The van der Waals surface area contributed by atoms with Crippen molar-refractivity contribution < 1.29 is 28.8 Å². The Kier molecular flexibility index (Phi) is 16.6. The number of nitrogens with two attached hydrogens (primary N) is 1. The van der Waals surface area contributed by atoms with E-state index in [1.807, 2.05) is 43.5 Å². The number of ketones is 1. The lowest BCUT2D eigenvalue weighted by molar-refractivity contribution is 0.102. The van der Waals surface area contributed by atoms with E-state index < -0.39 is 0 Å². The zero-order valence-electron chi connectivity index (χ0n) is 23.9. The minimum absolute atomic E-state index is 0.100. The Labute approximate surface area is 244 Å². The van der Waals surface area contributed by atoms with Crippen LogP contribution in [0.2, 0.25) is 0 Å². The van der Waals surface area contributed by atoms with Gasteiger partial charge in [-0.05, 0) is 81.1 Å². The van der Waals surface area contributed by atoms with E-state index in [4.69, 9.17) is 29.8 Å². The van der Waals surface area contributed by atoms with Crippen molar-refractivity contribution in [2.24, 2.45) is 0 Å². The van der Waals surface area contributed by atoms with Crippen molar-refractivity contribution in [3.63, 3.8) is 0 Å². The zero-order chi connectivity index (χ0) is 29.4. The quantitative estimate of drug-likeness (QED) is 0.153. The second-order valence-corrected chi connectivity index (χ2v) is 9.94. The van der Waals surface area contributed by atoms with Gasteiger partial charge in [0, 0.05) is 37.3 Å². The Morgan fingerprint density at radius 2 is 1.33 bits per heavy atom. The van der Waals surface area contributed by atoms with Crippen LogP contribution < -0.4 is 15.2 Å². The van der Waals surface area contributed by atoms with Crippen molar-refractivity contribution in [2.45, 2.75) is 34.6 Å². The molecule has 3 rings (SSSR count). The number of aryl methyl sites for hydroxylation is 4. The summed E-state index contributed by atoms with van der Waals surface area (Å²) in [5.74, 6) is 1.74. The topological polar surface area (TPSA) is 113 Å². The first-order chi connectivity index (χ1) is 18.6. The molecule has 0 amide bonds. The van der Waals surface area contributed by atoms with Crippen molar-refractivity contribution in [3.05, 3.63) is 57.5 Å². The van der Waals surface area contributed by atoms with Gasteiger partial charge in [0.25, 0.3) is 0 Å². The maximum absolute atomic E-state index is 11.7. The normalized spacial score (nSPS) is 10.2. The van der Waals surface area contributed by atoms with E-state index in [0.717, 1.165) is 50.6 Å². The number of benzene rings is 2. The van der Waals surface area contributed by atoms with E-state index >= 15 is 0 Å². The number of nitrogen functional groups attached to an aromatic ring is 1. The number of hydrogen-bond donors (Lipinski definition) is 2. The highest BCUT2D eigenvalue weighted by Gasteiger charge is 2.13. The third-order valence-corrected chi connectivity index (χ3v) is 6.49. The molecular formula is C29H41BrN2O6S. The van der Waals surface area contributed by atoms with Crippen molar-refractivity contribution in [2.75, 3.05) is 58.3 Å². The van der Waals surface area contributed by atoms with Crippen molar-refractivity contribution in [1.82, 2.24) is 4.98 Å². The Morgan fingerprint density at radius 1 is 0.897 bits per heavy atom. The lowest BCUT2D eigenvalue weighted by Gasteiger charge is -2.12. The van der Waals surface area contributed by atoms with E-state index in [0.29, 0.717) is 36.9 Å². The number of ether oxygens (including phenoxy) is 4. The SMILES string of the molecule is CCO.COCCOc1cc(C)c(-c2csc(N)n2)c(C)c1.COCCOc1cc(C)c(C(=O)CBr)c(C)c1. The van der Waals surface area contributed by atoms with Crippen LogP contribution in [0.15, 0.2) is 29.6 Å². The largest absolute Gasteiger partial charge is 0.491 e. The average Bonchev–Trinajstić information content (AvgIpc) is 3.30. The number of aromatic nitrogens is 1. The van der Waals surface area contributed by atoms with Gasteiger partial charge in [-0.15, -0.1) is 11.3 Å². The van der Waals surface area contributed by atoms with Crippen LogP contribution in [0, 0.1) is 27.7 Å². The molecule has 0 fully saturated rings. The van der Waals surface area contributed by atoms with Gasteiger partial charge in [0.2, 0.25) is 0 Å². The summed E-state index contributed by atoms with van der Waals surface area (Å²) in [5.41, 5.74) is 12.7. The molecule has 0 unspecified atom stereocenters. The monoisotopic (exact) mass is 624 g/mol. The summed E-state index contributed by atoms with van der Waals surface area (Å²) < 4.78 is 21.1. The minimum Gasteiger partial charge on any atom is -0.491 e. The number of Topliss-reactive ketones (excluding diaryl/α,β-unsaturated/α-hetero) is 1. The number of halogens is 1. The van der Waals surface area contributed by atoms with Crippen LogP contribution in [0.25, 0.3) is 11.3 Å². The molecule has 1 heterocycles. The van der Waals surface area contributed by atoms with E-state index in [2.05, 4.69) is 34.8 Å². The maximum Gasteiger partial charge on any atom is 0.180 e. The fourth-order valence-corrected chi connectivity index (χ4v) is 4.65. The van der Waals surface area contributed by atoms with Gasteiger partial charge in [-0.1, -0.05) is 15.9 Å². The standard InChI is InChI=1S/C14H18N2O2S.C13H17BrO3.C2H6O/c1-9-6-11(18-5-4-17-3)7-10(2)13(9)12-8-19-14(15)16-12;1-9-6-11(17-5-4-16-3)7-10(2)13(9)12(15)8-14;1-2-3/h6-8H,4-5H2,1-3H3,(H2,15,16);6-7H,4-5,8H2,1-3H3;3H,2H2,1H3. The van der Waals surface area contributed by atoms with Crippen molar-refractivity contribution >= 4 is 38.2 Å². The molecule has 0 saturated carbocycles. The third kappa shape index (κ3) is 11.6. The summed E-state index contributed by atoms with van der Waals surface area (Å²) in [7, 11) is 3.30. The predicted octanol–water partition coefficient (Wildman–Crippen LogP) is 5.94. The molecule has 0 bridgehead atoms. The summed E-state index contributed by atoms with van der Waals surface area (Å²) in [6, 6.07) is 7.82. The Morgan fingerprint density at radius 3 is 1.69 bits per heavy atom. The van der Waals surface area contributed by atoms with Crippen LogP contribution in [0.3, 0.4) is 0 Å². The number of methoxy groups -OCH3 is 2. The predicted molar refractivity (Wildman–Crippen MR) is 163 cm³/mol. The fourth-order valence-electron chi connectivity index (χ4n) is 3.81. The second kappa shape index (κ2) is 18.7. The molecule has 10 heteroatoms. The Hall–Kier alpha value is -2.50. The molecule has 0 saturated heterocycles. The number of carbonyl (C=O) groups is 1. The highest BCUT2D eigenvalue weighted by Crippen LogP contribution is 2.32. The molecule has 0 radical (unpaired) electrons. The van der Waals surface area contributed by atoms with Gasteiger partial charge in [-0.25, -0.2) is 4.98 Å². The number of carbonyl (C=O) groups excluding carboxylic acids is 1. The van der Waals surface area contributed by atoms with Gasteiger partial charge in [0.05, 0.1) is 24.2 Å². The summed E-state index contributed by atoms with van der Waals surface area (Å²) in [6.45, 7) is 12.1. The van der Waals surface area contributed by atoms with Gasteiger partial charge in [-0.2, -0.15) is 0 Å². The van der Waals surface area contributed by atoms with Gasteiger partial charge in [0.1, 0.15) is 24.7 Å². The number of rotatable bonds is 11. The van der Waals surface area contributed by atoms with Gasteiger partial charge < -0.3 is 29.8 Å². The first kappa shape index (κ1) is 34.5. The van der Waals surface area contributed by atoms with E-state index in [-0.39, 0.29) is 12.4 Å². The van der Waals surface area contributed by atoms with Crippen LogP contribution in [-0.4, -0.2) is 68.5 Å². The molecule has 0 aliphatic carbocycles. The van der Waals surface area contributed by atoms with Crippen LogP contribution in [0.1, 0.15) is 39.5 Å². The lowest BCUT2D eigenvalue weighted by Crippen LogP contribution is -2.08. The van der Waals surface area contributed by atoms with E-state index in [1.54, 1.807) is 21.1 Å². The highest BCUT2D eigenvalue weighted by atomic mass is 79.9. The second-order valence-electron chi connectivity index (χ2n) is 8.49. The van der Waals surface area contributed by atoms with E-state index in [1.165, 1.54) is 11.3 Å². The van der Waals surface area contributed by atoms with Crippen LogP contribution >= 0.6 is 27.3 Å². The number of anilines is 1. The summed E-state index contributed by atoms with van der Waals surface area (Å²) in [4.78, 5) is 16.1. The summed E-state index contributed by atoms with van der Waals surface area (Å²) in [6.07, 6.45) is 0. The number of aliphatic hydroxyl groups excluding tert-OH is 1. The molecule has 0 spiro atoms. The molecule has 8 nitrogen and oxygen atoms in total. The summed E-state index contributed by atoms with van der Waals surface area (Å²) in [5, 5.41) is 10.5. The smallest absolute Gasteiger partial charge is 0.180 e. The molecule has 3 aromatic rings. The molecular weight excluding hydrogens is 584 g/mol. The van der Waals surface area contributed by atoms with Gasteiger partial charge in [0.15, 0.2) is 10.9 Å². The molecule has 3 N–H and O–H groups in total. The van der Waals surface area contributed by atoms with Crippen LogP contribution in [-0.2, 0) is 9.47 Å². The number of thiazole rings is 1. The first-order valence-electron chi connectivity index (χ1n) is 12.5. The maximum atomic E-state index is 11.7. The van der Waals surface area contributed by atoms with Crippen molar-refractivity contribution in [1.29, 1.82) is 0 Å². The Bertz CT molecular complexity index is 1120. The fraction of sp³-hybridized carbons (Fsp3) is 0.448. The molecule has 2 aromatic carbocycles. The number of nitrogens with zero attached hydrogens (tertiary/aromatic N) is 1. The van der Waals surface area contributed by atoms with Crippen LogP contribution in [0.5, 0.6) is 11.5 Å². The molecule has 0 atom stereocenters. The highest BCUT2D eigenvalue weighted by molar-refractivity contribution is 9.09. The Balaban J connectivity index is 0.000000357. The van der Waals surface area contributed by atoms with Gasteiger partial charge in [-0.3, -0.25) is 4.79 Å². The van der Waals surface area contributed by atoms with E-state index in [9.17, 15) is 4.79 Å². The van der Waals surface area contributed by atoms with Crippen LogP contribution in [0.4, 0.5) is 5.13 Å². The van der Waals surface area contributed by atoms with Gasteiger partial charge >= 0.3 is 0 Å². The molecule has 0 aliphatic rings. The molecule has 0 aliphatic heterocycles. The summed E-state index contributed by atoms with van der Waals surface area (Å²) >= 11 is 4.65. The molecule has 39 heavy (non-hydrogen) atoms. The first-order valence-corrected chi connectivity index (χ1v) is 14.5. The number of alkyl halides is 1. The molecule has 1 aromatic heterocycles. The third-order valence-electron chi connectivity index (χ3n) is 5.30. The number of hydrogen-bond acceptors (Lipinski definition) is 9. The number of aliphatic hydroxyl groups is 1. The average molecular weight is 626 g/mol. The zero-order valence-corrected chi connectivity index (χ0v) is 26.3. The van der Waals surface area contributed by atoms with Crippen molar-refractivity contribution in [3.8, 4) is 22.8 Å². The lowest BCUT2D eigenvalue weighted by atomic mass is 9.99. The molecule has 216 valence electrons. The minimum atomic E-state index is 0.100.